The Bertz CT molecular complexity index is 750. The molecule has 0 aliphatic rings. The molecule has 2 heterocycles. The van der Waals surface area contributed by atoms with E-state index in [-0.39, 0.29) is 0 Å². The predicted octanol–water partition coefficient (Wildman–Crippen LogP) is 2.65. The van der Waals surface area contributed by atoms with Gasteiger partial charge in [-0.25, -0.2) is 15.0 Å². The summed E-state index contributed by atoms with van der Waals surface area (Å²) in [6.45, 7) is 3.71. The number of nitrogens with zero attached hydrogens (tertiary/aromatic N) is 3. The molecule has 1 N–H and O–H groups in total. The molecule has 0 radical (unpaired) electrons. The number of hydrogen-bond acceptors (Lipinski definition) is 5. The average molecular weight is 284 g/mol. The first-order valence-electron chi connectivity index (χ1n) is 6.55. The summed E-state index contributed by atoms with van der Waals surface area (Å²) in [5.41, 5.74) is 1.78. The molecule has 0 saturated heterocycles. The summed E-state index contributed by atoms with van der Waals surface area (Å²) < 4.78 is 10.6. The number of hydrogen-bond donors (Lipinski definition) is 1. The van der Waals surface area contributed by atoms with Gasteiger partial charge in [0.25, 0.3) is 0 Å². The van der Waals surface area contributed by atoms with Gasteiger partial charge in [-0.3, -0.25) is 0 Å². The van der Waals surface area contributed by atoms with Gasteiger partial charge in [0, 0.05) is 17.0 Å². The minimum Gasteiger partial charge on any atom is -0.493 e. The number of aromatic amines is 1. The van der Waals surface area contributed by atoms with Gasteiger partial charge in [0.2, 0.25) is 0 Å². The van der Waals surface area contributed by atoms with Crippen molar-refractivity contribution >= 4 is 10.9 Å². The van der Waals surface area contributed by atoms with Gasteiger partial charge < -0.3 is 14.5 Å². The Labute approximate surface area is 122 Å². The summed E-state index contributed by atoms with van der Waals surface area (Å²) in [5, 5.41) is 1.01. The van der Waals surface area contributed by atoms with Crippen molar-refractivity contribution in [2.45, 2.75) is 13.8 Å². The molecule has 0 aliphatic heterocycles. The van der Waals surface area contributed by atoms with Crippen LogP contribution in [-0.2, 0) is 0 Å². The third kappa shape index (κ3) is 2.40. The van der Waals surface area contributed by atoms with E-state index in [2.05, 4.69) is 19.9 Å². The zero-order valence-corrected chi connectivity index (χ0v) is 12.4. The molecule has 0 fully saturated rings. The lowest BCUT2D eigenvalue weighted by atomic mass is 10.2. The Morgan fingerprint density at radius 1 is 0.857 bits per heavy atom. The minimum atomic E-state index is 0.633. The molecule has 0 spiro atoms. The van der Waals surface area contributed by atoms with Gasteiger partial charge in [-0.05, 0) is 26.0 Å². The van der Waals surface area contributed by atoms with Crippen molar-refractivity contribution in [1.29, 1.82) is 0 Å². The molecule has 3 aromatic rings. The third-order valence-corrected chi connectivity index (χ3v) is 3.22. The monoisotopic (exact) mass is 284 g/mol. The van der Waals surface area contributed by atoms with Gasteiger partial charge in [-0.2, -0.15) is 0 Å². The zero-order chi connectivity index (χ0) is 15.0. The van der Waals surface area contributed by atoms with Gasteiger partial charge >= 0.3 is 0 Å². The van der Waals surface area contributed by atoms with Gasteiger partial charge in [0.05, 0.1) is 19.9 Å². The lowest BCUT2D eigenvalue weighted by Gasteiger charge is -2.06. The molecule has 0 atom stereocenters. The summed E-state index contributed by atoms with van der Waals surface area (Å²) in [6, 6.07) is 5.82. The van der Waals surface area contributed by atoms with Crippen molar-refractivity contribution in [3.63, 3.8) is 0 Å². The van der Waals surface area contributed by atoms with Crippen molar-refractivity contribution in [2.75, 3.05) is 14.2 Å². The van der Waals surface area contributed by atoms with E-state index >= 15 is 0 Å². The molecule has 6 heteroatoms. The second-order valence-corrected chi connectivity index (χ2v) is 4.73. The van der Waals surface area contributed by atoms with E-state index in [1.807, 2.05) is 32.0 Å². The van der Waals surface area contributed by atoms with Crippen molar-refractivity contribution in [1.82, 2.24) is 19.9 Å². The Morgan fingerprint density at radius 2 is 1.48 bits per heavy atom. The van der Waals surface area contributed by atoms with E-state index in [0.29, 0.717) is 29.0 Å². The van der Waals surface area contributed by atoms with Crippen LogP contribution >= 0.6 is 0 Å². The van der Waals surface area contributed by atoms with E-state index in [1.165, 1.54) is 0 Å². The molecule has 0 amide bonds. The molecule has 0 unspecified atom stereocenters. The number of aryl methyl sites for hydroxylation is 2. The number of aromatic nitrogens is 4. The Kier molecular flexibility index (Phi) is 3.21. The third-order valence-electron chi connectivity index (χ3n) is 3.22. The number of benzene rings is 1. The van der Waals surface area contributed by atoms with E-state index in [9.17, 15) is 0 Å². The number of fused-ring (bicyclic) bond motifs is 1. The van der Waals surface area contributed by atoms with Gasteiger partial charge in [-0.1, -0.05) is 0 Å². The fourth-order valence-electron chi connectivity index (χ4n) is 2.32. The Balaban J connectivity index is 2.16. The van der Waals surface area contributed by atoms with Crippen LogP contribution in [0.1, 0.15) is 11.6 Å². The standard InChI is InChI=1S/C15H16N4O2/c1-8-16-9(2)18-15(17-8)12-5-10-6-13(20-3)14(21-4)7-11(10)19-12/h5-7,19H,1-4H3. The molecule has 0 aliphatic carbocycles. The number of nitrogens with one attached hydrogen (secondary N) is 1. The molecule has 0 bridgehead atoms. The van der Waals surface area contributed by atoms with Crippen molar-refractivity contribution in [2.24, 2.45) is 0 Å². The average Bonchev–Trinajstić information content (AvgIpc) is 2.87. The highest BCUT2D eigenvalue weighted by molar-refractivity contribution is 5.87. The molecular formula is C15H16N4O2. The SMILES string of the molecule is COc1cc2cc(-c3nc(C)nc(C)n3)[nH]c2cc1OC. The first-order valence-corrected chi connectivity index (χ1v) is 6.55. The quantitative estimate of drug-likeness (QED) is 0.800. The van der Waals surface area contributed by atoms with Crippen molar-refractivity contribution in [3.8, 4) is 23.0 Å². The second kappa shape index (κ2) is 5.05. The molecule has 0 saturated carbocycles. The number of methoxy groups -OCH3 is 2. The molecular weight excluding hydrogens is 268 g/mol. The highest BCUT2D eigenvalue weighted by Gasteiger charge is 2.11. The van der Waals surface area contributed by atoms with Crippen LogP contribution in [0.25, 0.3) is 22.4 Å². The first-order chi connectivity index (χ1) is 10.1. The first kappa shape index (κ1) is 13.4. The van der Waals surface area contributed by atoms with Crippen molar-refractivity contribution < 1.29 is 9.47 Å². The van der Waals surface area contributed by atoms with Crippen LogP contribution in [0.15, 0.2) is 18.2 Å². The van der Waals surface area contributed by atoms with E-state index in [1.54, 1.807) is 14.2 Å². The molecule has 3 rings (SSSR count). The molecule has 108 valence electrons. The molecule has 6 nitrogen and oxygen atoms in total. The fraction of sp³-hybridized carbons (Fsp3) is 0.267. The number of ether oxygens (including phenoxy) is 2. The fourth-order valence-corrected chi connectivity index (χ4v) is 2.32. The van der Waals surface area contributed by atoms with Crippen LogP contribution in [0.5, 0.6) is 11.5 Å². The molecule has 21 heavy (non-hydrogen) atoms. The van der Waals surface area contributed by atoms with Gasteiger partial charge in [0.15, 0.2) is 17.3 Å². The summed E-state index contributed by atoms with van der Waals surface area (Å²) in [4.78, 5) is 16.2. The van der Waals surface area contributed by atoms with Gasteiger partial charge in [0.1, 0.15) is 11.6 Å². The maximum Gasteiger partial charge on any atom is 0.179 e. The van der Waals surface area contributed by atoms with E-state index in [0.717, 1.165) is 16.6 Å². The summed E-state index contributed by atoms with van der Waals surface area (Å²) in [7, 11) is 3.24. The predicted molar refractivity (Wildman–Crippen MR) is 79.7 cm³/mol. The second-order valence-electron chi connectivity index (χ2n) is 4.73. The topological polar surface area (TPSA) is 72.9 Å². The molecule has 1 aromatic carbocycles. The van der Waals surface area contributed by atoms with Crippen LogP contribution < -0.4 is 9.47 Å². The van der Waals surface area contributed by atoms with E-state index < -0.39 is 0 Å². The highest BCUT2D eigenvalue weighted by atomic mass is 16.5. The maximum absolute atomic E-state index is 5.32. The smallest absolute Gasteiger partial charge is 0.179 e. The lowest BCUT2D eigenvalue weighted by molar-refractivity contribution is 0.356. The summed E-state index contributed by atoms with van der Waals surface area (Å²) >= 11 is 0. The summed E-state index contributed by atoms with van der Waals surface area (Å²) in [5.74, 6) is 3.41. The van der Waals surface area contributed by atoms with Crippen LogP contribution in [0.3, 0.4) is 0 Å². The van der Waals surface area contributed by atoms with Crippen LogP contribution in [-0.4, -0.2) is 34.2 Å². The van der Waals surface area contributed by atoms with Crippen LogP contribution in [0.4, 0.5) is 0 Å². The Hall–Kier alpha value is -2.63. The number of rotatable bonds is 3. The van der Waals surface area contributed by atoms with Gasteiger partial charge in [-0.15, -0.1) is 0 Å². The zero-order valence-electron chi connectivity index (χ0n) is 12.4. The Morgan fingerprint density at radius 3 is 2.10 bits per heavy atom. The van der Waals surface area contributed by atoms with E-state index in [4.69, 9.17) is 9.47 Å². The van der Waals surface area contributed by atoms with Crippen LogP contribution in [0, 0.1) is 13.8 Å². The maximum atomic E-state index is 5.32. The van der Waals surface area contributed by atoms with Crippen molar-refractivity contribution in [3.05, 3.63) is 29.8 Å². The largest absolute Gasteiger partial charge is 0.493 e. The normalized spacial score (nSPS) is 10.9. The van der Waals surface area contributed by atoms with Crippen LogP contribution in [0.2, 0.25) is 0 Å². The lowest BCUT2D eigenvalue weighted by Crippen LogP contribution is -1.98. The summed E-state index contributed by atoms with van der Waals surface area (Å²) in [6.07, 6.45) is 0. The molecule has 2 aromatic heterocycles. The highest BCUT2D eigenvalue weighted by Crippen LogP contribution is 2.33. The minimum absolute atomic E-state index is 0.633. The number of H-pyrrole nitrogens is 1.